The second-order valence-corrected chi connectivity index (χ2v) is 16.4. The average Bonchev–Trinajstić information content (AvgIpc) is 3.77. The van der Waals surface area contributed by atoms with E-state index in [0.29, 0.717) is 55.6 Å². The first kappa shape index (κ1) is 46.0. The number of phenolic OH excluding ortho intramolecular Hbond substituents is 1. The Hall–Kier alpha value is -5.50. The van der Waals surface area contributed by atoms with Crippen molar-refractivity contribution < 1.29 is 24.2 Å². The molecule has 2 aliphatic heterocycles. The van der Waals surface area contributed by atoms with Crippen LogP contribution in [0.1, 0.15) is 61.1 Å². The van der Waals surface area contributed by atoms with Crippen molar-refractivity contribution in [1.29, 1.82) is 0 Å². The number of hydrogen-bond donors (Lipinski definition) is 4. The van der Waals surface area contributed by atoms with Gasteiger partial charge in [-0.15, -0.1) is 0 Å². The molecule has 0 aromatic heterocycles. The lowest BCUT2D eigenvalue weighted by molar-refractivity contribution is -0.131. The van der Waals surface area contributed by atoms with Gasteiger partial charge >= 0.3 is 5.97 Å². The van der Waals surface area contributed by atoms with Crippen LogP contribution in [0, 0.1) is 0 Å². The second kappa shape index (κ2) is 21.0. The summed E-state index contributed by atoms with van der Waals surface area (Å²) in [5.74, 6) is -0.978. The lowest BCUT2D eigenvalue weighted by Crippen LogP contribution is -2.39. The van der Waals surface area contributed by atoms with E-state index in [2.05, 4.69) is 41.2 Å². The van der Waals surface area contributed by atoms with Crippen molar-refractivity contribution in [3.05, 3.63) is 134 Å². The number of phenols is 1. The number of benzene rings is 5. The monoisotopic (exact) mass is 895 g/mol. The molecule has 0 bridgehead atoms. The van der Waals surface area contributed by atoms with Gasteiger partial charge in [0.2, 0.25) is 5.91 Å². The van der Waals surface area contributed by atoms with Gasteiger partial charge in [0.05, 0.1) is 28.1 Å². The number of aromatic hydroxyl groups is 1. The van der Waals surface area contributed by atoms with Crippen LogP contribution in [0.25, 0.3) is 33.4 Å². The van der Waals surface area contributed by atoms with Crippen molar-refractivity contribution in [2.75, 3.05) is 56.9 Å². The van der Waals surface area contributed by atoms with E-state index in [-0.39, 0.29) is 46.0 Å². The first-order valence-corrected chi connectivity index (χ1v) is 21.8. The number of halogens is 2. The molecule has 2 heterocycles. The molecule has 1 aliphatic carbocycles. The third-order valence-electron chi connectivity index (χ3n) is 11.2. The zero-order chi connectivity index (χ0) is 44.5. The van der Waals surface area contributed by atoms with Crippen LogP contribution in [0.4, 0.5) is 11.4 Å². The SMILES string of the molecule is CCN(CC)CC.CN(C(=O)Cc1ccc(Cl)c(Cl)c1)C(CN1CCCC1)c1ccc(NC(=S)Nc2ccc(-c3c4ccc(=O)cc-4oc4cc(O)ccc34)c(C(=O)O)c2)cc1. The molecular formula is C48H51Cl2N5O6S. The predicted octanol–water partition coefficient (Wildman–Crippen LogP) is 10.3. The molecule has 1 unspecified atom stereocenters. The van der Waals surface area contributed by atoms with Gasteiger partial charge in [0.1, 0.15) is 17.1 Å². The van der Waals surface area contributed by atoms with Gasteiger partial charge in [-0.1, -0.05) is 68.2 Å². The molecule has 324 valence electrons. The number of anilines is 2. The Morgan fingerprint density at radius 2 is 1.48 bits per heavy atom. The number of aromatic carboxylic acids is 1. The minimum Gasteiger partial charge on any atom is -0.508 e. The van der Waals surface area contributed by atoms with Crippen LogP contribution >= 0.6 is 35.4 Å². The topological polar surface area (TPSA) is 139 Å². The first-order valence-electron chi connectivity index (χ1n) is 20.7. The molecule has 1 saturated heterocycles. The number of fused-ring (bicyclic) bond motifs is 2. The Bertz CT molecular complexity index is 2570. The number of hydrogen-bond acceptors (Lipinski definition) is 8. The van der Waals surface area contributed by atoms with Crippen molar-refractivity contribution in [2.45, 2.75) is 46.1 Å². The number of likely N-dealkylation sites (N-methyl/N-ethyl adjacent to an activating group) is 1. The summed E-state index contributed by atoms with van der Waals surface area (Å²) in [6.45, 7) is 12.8. The zero-order valence-corrected chi connectivity index (χ0v) is 37.5. The van der Waals surface area contributed by atoms with Crippen LogP contribution in [0.2, 0.25) is 10.0 Å². The number of carboxylic acid groups (broad SMARTS) is 1. The summed E-state index contributed by atoms with van der Waals surface area (Å²) >= 11 is 17.9. The standard InChI is InChI=1S/C42H36Cl2N4O6S.C6H15N/c1-47(39(51)19-24-4-15-34(43)35(44)18-24)36(23-48-16-2-3-17-48)25-5-7-26(8-6-25)45-42(55)46-27-9-12-30(33(20-27)41(52)53)40-31-13-10-28(49)21-37(31)54-38-22-29(50)11-14-32(38)40;1-4-7(5-2)6-3/h4-15,18,20-22,36,49H,2-3,16-17,19,23H2,1H3,(H,52,53)(H2,45,46,55);4-6H2,1-3H3. The lowest BCUT2D eigenvalue weighted by Gasteiger charge is -2.32. The molecule has 4 aromatic carbocycles. The zero-order valence-electron chi connectivity index (χ0n) is 35.2. The number of carbonyl (C=O) groups is 2. The first-order chi connectivity index (χ1) is 29.8. The van der Waals surface area contributed by atoms with Gasteiger partial charge in [-0.3, -0.25) is 9.59 Å². The lowest BCUT2D eigenvalue weighted by atomic mass is 9.90. The number of thiocarbonyl (C=S) groups is 1. The Morgan fingerprint density at radius 3 is 2.13 bits per heavy atom. The van der Waals surface area contributed by atoms with E-state index in [1.165, 1.54) is 50.0 Å². The van der Waals surface area contributed by atoms with Crippen LogP contribution in [-0.4, -0.2) is 88.2 Å². The molecule has 4 aromatic rings. The quantitative estimate of drug-likeness (QED) is 0.0651. The third-order valence-corrected chi connectivity index (χ3v) is 12.1. The van der Waals surface area contributed by atoms with E-state index < -0.39 is 5.97 Å². The van der Waals surface area contributed by atoms with Crippen LogP contribution in [-0.2, 0) is 11.2 Å². The van der Waals surface area contributed by atoms with Crippen LogP contribution in [0.15, 0.2) is 106 Å². The third kappa shape index (κ3) is 11.3. The molecule has 11 nitrogen and oxygen atoms in total. The van der Waals surface area contributed by atoms with Crippen LogP contribution in [0.3, 0.4) is 0 Å². The van der Waals surface area contributed by atoms with Crippen LogP contribution < -0.4 is 16.1 Å². The molecule has 14 heteroatoms. The van der Waals surface area contributed by atoms with Gasteiger partial charge in [-0.05, 0) is 135 Å². The van der Waals surface area contributed by atoms with E-state index >= 15 is 0 Å². The number of rotatable bonds is 13. The van der Waals surface area contributed by atoms with Crippen molar-refractivity contribution >= 4 is 74.8 Å². The van der Waals surface area contributed by atoms with Crippen molar-refractivity contribution in [3.8, 4) is 28.2 Å². The van der Waals surface area contributed by atoms with E-state index in [9.17, 15) is 24.6 Å². The molecule has 0 spiro atoms. The maximum atomic E-state index is 13.5. The highest BCUT2D eigenvalue weighted by Crippen LogP contribution is 2.42. The summed E-state index contributed by atoms with van der Waals surface area (Å²) < 4.78 is 5.93. The largest absolute Gasteiger partial charge is 0.508 e. The Balaban J connectivity index is 0.000000845. The van der Waals surface area contributed by atoms with Crippen molar-refractivity contribution in [1.82, 2.24) is 14.7 Å². The fourth-order valence-corrected chi connectivity index (χ4v) is 8.26. The highest BCUT2D eigenvalue weighted by molar-refractivity contribution is 7.80. The van der Waals surface area contributed by atoms with Gasteiger partial charge in [0.25, 0.3) is 0 Å². The van der Waals surface area contributed by atoms with Gasteiger partial charge < -0.3 is 40.0 Å². The number of nitrogens with one attached hydrogen (secondary N) is 2. The molecule has 0 radical (unpaired) electrons. The summed E-state index contributed by atoms with van der Waals surface area (Å²) in [5, 5.41) is 28.4. The summed E-state index contributed by atoms with van der Waals surface area (Å²) in [6.07, 6.45) is 2.44. The molecule has 7 rings (SSSR count). The fourth-order valence-electron chi connectivity index (χ4n) is 7.70. The summed E-state index contributed by atoms with van der Waals surface area (Å²) in [7, 11) is 1.83. The minimum atomic E-state index is -1.17. The molecule has 1 amide bonds. The molecule has 3 aliphatic rings. The Kier molecular flexibility index (Phi) is 15.6. The van der Waals surface area contributed by atoms with Gasteiger partial charge in [-0.25, -0.2) is 4.79 Å². The van der Waals surface area contributed by atoms with E-state index in [1.54, 1.807) is 41.3 Å². The molecule has 4 N–H and O–H groups in total. The highest BCUT2D eigenvalue weighted by Gasteiger charge is 2.27. The molecule has 0 saturated carbocycles. The summed E-state index contributed by atoms with van der Waals surface area (Å²) in [4.78, 5) is 44.9. The van der Waals surface area contributed by atoms with Crippen LogP contribution in [0.5, 0.6) is 5.75 Å². The highest BCUT2D eigenvalue weighted by atomic mass is 35.5. The number of nitrogens with zero attached hydrogens (tertiary/aromatic N) is 3. The minimum absolute atomic E-state index is 0.00732. The number of amides is 1. The fraction of sp³-hybridized carbons (Fsp3) is 0.292. The number of carbonyl (C=O) groups excluding carboxylic acids is 1. The predicted molar refractivity (Wildman–Crippen MR) is 254 cm³/mol. The van der Waals surface area contributed by atoms with Crippen molar-refractivity contribution in [2.24, 2.45) is 0 Å². The van der Waals surface area contributed by atoms with Crippen molar-refractivity contribution in [3.63, 3.8) is 0 Å². The maximum absolute atomic E-state index is 13.5. The van der Waals surface area contributed by atoms with E-state index in [1.807, 2.05) is 37.4 Å². The number of carboxylic acids is 1. The van der Waals surface area contributed by atoms with Gasteiger partial charge in [0.15, 0.2) is 10.5 Å². The Labute approximate surface area is 377 Å². The van der Waals surface area contributed by atoms with E-state index in [4.69, 9.17) is 39.8 Å². The Morgan fingerprint density at radius 1 is 0.823 bits per heavy atom. The molecule has 62 heavy (non-hydrogen) atoms. The number of likely N-dealkylation sites (tertiary alicyclic amines) is 1. The van der Waals surface area contributed by atoms with Gasteiger partial charge in [-0.2, -0.15) is 0 Å². The van der Waals surface area contributed by atoms with Gasteiger partial charge in [0, 0.05) is 53.6 Å². The normalized spacial score (nSPS) is 13.1. The van der Waals surface area contributed by atoms with E-state index in [0.717, 1.165) is 37.1 Å². The smallest absolute Gasteiger partial charge is 0.336 e. The maximum Gasteiger partial charge on any atom is 0.336 e. The summed E-state index contributed by atoms with van der Waals surface area (Å²) in [6, 6.07) is 26.6. The second-order valence-electron chi connectivity index (χ2n) is 15.2. The molecule has 1 fully saturated rings. The average molecular weight is 897 g/mol. The molecular weight excluding hydrogens is 846 g/mol. The summed E-state index contributed by atoms with van der Waals surface area (Å²) in [5.41, 5.74) is 4.41. The molecule has 1 atom stereocenters.